The third kappa shape index (κ3) is 5.89. The van der Waals surface area contributed by atoms with E-state index < -0.39 is 7.12 Å². The average Bonchev–Trinajstić information content (AvgIpc) is 2.46. The molecule has 0 amide bonds. The molecule has 1 aromatic rings. The summed E-state index contributed by atoms with van der Waals surface area (Å²) in [4.78, 5) is 0. The minimum absolute atomic E-state index is 0.324. The van der Waals surface area contributed by atoms with E-state index in [-0.39, 0.29) is 0 Å². The monoisotopic (exact) mass is 284 g/mol. The lowest BCUT2D eigenvalue weighted by Gasteiger charge is -2.10. The van der Waals surface area contributed by atoms with E-state index in [2.05, 4.69) is 0 Å². The summed E-state index contributed by atoms with van der Waals surface area (Å²) in [7, 11) is 1.54. The van der Waals surface area contributed by atoms with Crippen molar-refractivity contribution in [2.75, 3.05) is 40.6 Å². The van der Waals surface area contributed by atoms with Gasteiger partial charge in [0.05, 0.1) is 40.1 Å². The molecule has 2 N–H and O–H groups in total. The summed E-state index contributed by atoms with van der Waals surface area (Å²) in [6.45, 7) is 2.44. The molecule has 0 spiro atoms. The second-order valence-corrected chi connectivity index (χ2v) is 4.11. The average molecular weight is 284 g/mol. The molecule has 1 rings (SSSR count). The number of hydrogen-bond donors (Lipinski definition) is 2. The van der Waals surface area contributed by atoms with E-state index in [4.69, 9.17) is 18.9 Å². The van der Waals surface area contributed by atoms with Crippen molar-refractivity contribution in [1.29, 1.82) is 0 Å². The predicted octanol–water partition coefficient (Wildman–Crippen LogP) is -0.445. The van der Waals surface area contributed by atoms with Crippen molar-refractivity contribution in [3.8, 4) is 5.75 Å². The van der Waals surface area contributed by atoms with Gasteiger partial charge >= 0.3 is 7.12 Å². The molecule has 0 aliphatic carbocycles. The SMILES string of the molecule is COCCOCCOCc1ccc(OC)c(B(O)O)c1. The molecule has 0 atom stereocenters. The summed E-state index contributed by atoms with van der Waals surface area (Å²) in [5.41, 5.74) is 1.16. The number of hydrogen-bond acceptors (Lipinski definition) is 6. The Hall–Kier alpha value is -1.12. The highest BCUT2D eigenvalue weighted by molar-refractivity contribution is 6.59. The van der Waals surface area contributed by atoms with Crippen LogP contribution >= 0.6 is 0 Å². The largest absolute Gasteiger partial charge is 0.497 e. The topological polar surface area (TPSA) is 77.4 Å². The molecule has 0 fully saturated rings. The minimum Gasteiger partial charge on any atom is -0.497 e. The summed E-state index contributed by atoms with van der Waals surface area (Å²) in [6, 6.07) is 5.15. The normalized spacial score (nSPS) is 10.6. The van der Waals surface area contributed by atoms with Gasteiger partial charge in [-0.05, 0) is 11.6 Å². The molecule has 0 saturated carbocycles. The van der Waals surface area contributed by atoms with Gasteiger partial charge in [0.25, 0.3) is 0 Å². The Morgan fingerprint density at radius 3 is 2.35 bits per heavy atom. The summed E-state index contributed by atoms with van der Waals surface area (Å²) >= 11 is 0. The van der Waals surface area contributed by atoms with Crippen molar-refractivity contribution in [2.24, 2.45) is 0 Å². The molecule has 7 heteroatoms. The highest BCUT2D eigenvalue weighted by atomic mass is 16.5. The van der Waals surface area contributed by atoms with Gasteiger partial charge in [-0.2, -0.15) is 0 Å². The molecule has 0 radical (unpaired) electrons. The lowest BCUT2D eigenvalue weighted by atomic mass is 9.79. The van der Waals surface area contributed by atoms with Gasteiger partial charge in [0.15, 0.2) is 0 Å². The number of ether oxygens (including phenoxy) is 4. The van der Waals surface area contributed by atoms with Crippen LogP contribution in [0.25, 0.3) is 0 Å². The zero-order chi connectivity index (χ0) is 14.8. The first kappa shape index (κ1) is 16.9. The smallest absolute Gasteiger partial charge is 0.492 e. The number of benzene rings is 1. The lowest BCUT2D eigenvalue weighted by Crippen LogP contribution is -2.31. The van der Waals surface area contributed by atoms with E-state index in [1.54, 1.807) is 19.2 Å². The van der Waals surface area contributed by atoms with E-state index in [0.717, 1.165) is 5.56 Å². The van der Waals surface area contributed by atoms with Gasteiger partial charge in [0.1, 0.15) is 5.75 Å². The van der Waals surface area contributed by atoms with Gasteiger partial charge in [0, 0.05) is 12.6 Å². The van der Waals surface area contributed by atoms with Gasteiger partial charge in [-0.15, -0.1) is 0 Å². The third-order valence-electron chi connectivity index (χ3n) is 2.64. The van der Waals surface area contributed by atoms with Crippen LogP contribution < -0.4 is 10.2 Å². The second kappa shape index (κ2) is 9.74. The fourth-order valence-corrected chi connectivity index (χ4v) is 1.63. The maximum absolute atomic E-state index is 9.26. The van der Waals surface area contributed by atoms with Crippen LogP contribution in [0.15, 0.2) is 18.2 Å². The molecule has 0 bridgehead atoms. The van der Waals surface area contributed by atoms with E-state index in [1.165, 1.54) is 7.11 Å². The first-order valence-electron chi connectivity index (χ1n) is 6.36. The highest BCUT2D eigenvalue weighted by Crippen LogP contribution is 2.10. The van der Waals surface area contributed by atoms with E-state index in [0.29, 0.717) is 44.2 Å². The maximum Gasteiger partial charge on any atom is 0.492 e. The van der Waals surface area contributed by atoms with Gasteiger partial charge in [-0.1, -0.05) is 12.1 Å². The van der Waals surface area contributed by atoms with E-state index in [1.807, 2.05) is 6.07 Å². The molecule has 1 aromatic carbocycles. The number of methoxy groups -OCH3 is 2. The van der Waals surface area contributed by atoms with Crippen molar-refractivity contribution < 1.29 is 29.0 Å². The second-order valence-electron chi connectivity index (χ2n) is 4.11. The van der Waals surface area contributed by atoms with Crippen LogP contribution in [0, 0.1) is 0 Å². The Bertz CT molecular complexity index is 385. The Morgan fingerprint density at radius 1 is 1.00 bits per heavy atom. The molecule has 0 aliphatic heterocycles. The Labute approximate surface area is 119 Å². The van der Waals surface area contributed by atoms with Crippen molar-refractivity contribution >= 4 is 12.6 Å². The molecule has 20 heavy (non-hydrogen) atoms. The highest BCUT2D eigenvalue weighted by Gasteiger charge is 2.17. The number of rotatable bonds is 10. The lowest BCUT2D eigenvalue weighted by molar-refractivity contribution is 0.0199. The predicted molar refractivity (Wildman–Crippen MR) is 75.2 cm³/mol. The zero-order valence-corrected chi connectivity index (χ0v) is 11.9. The molecule has 6 nitrogen and oxygen atoms in total. The van der Waals surface area contributed by atoms with Crippen LogP contribution in [0.2, 0.25) is 0 Å². The Kier molecular flexibility index (Phi) is 8.25. The summed E-state index contributed by atoms with van der Waals surface area (Å²) in [5.74, 6) is 0.437. The quantitative estimate of drug-likeness (QED) is 0.448. The Morgan fingerprint density at radius 2 is 1.70 bits per heavy atom. The first-order chi connectivity index (χ1) is 9.69. The molecule has 0 aliphatic rings. The van der Waals surface area contributed by atoms with Crippen LogP contribution in [-0.2, 0) is 20.8 Å². The molecular formula is C13H21BO6. The van der Waals surface area contributed by atoms with Crippen LogP contribution in [0.3, 0.4) is 0 Å². The van der Waals surface area contributed by atoms with Gasteiger partial charge in [-0.25, -0.2) is 0 Å². The zero-order valence-electron chi connectivity index (χ0n) is 11.9. The minimum atomic E-state index is -1.57. The van der Waals surface area contributed by atoms with Crippen molar-refractivity contribution in [1.82, 2.24) is 0 Å². The van der Waals surface area contributed by atoms with Crippen LogP contribution in [-0.4, -0.2) is 57.8 Å². The van der Waals surface area contributed by atoms with Gasteiger partial charge < -0.3 is 29.0 Å². The van der Waals surface area contributed by atoms with E-state index >= 15 is 0 Å². The molecule has 0 heterocycles. The molecule has 0 unspecified atom stereocenters. The standard InChI is InChI=1S/C13H21BO6/c1-17-5-6-19-7-8-20-10-11-3-4-13(18-2)12(9-11)14(15)16/h3-4,9,15-16H,5-8,10H2,1-2H3. The van der Waals surface area contributed by atoms with Crippen LogP contribution in [0.4, 0.5) is 0 Å². The fraction of sp³-hybridized carbons (Fsp3) is 0.538. The first-order valence-corrected chi connectivity index (χ1v) is 6.36. The maximum atomic E-state index is 9.26. The molecular weight excluding hydrogens is 263 g/mol. The van der Waals surface area contributed by atoms with Crippen LogP contribution in [0.1, 0.15) is 5.56 Å². The summed E-state index contributed by atoms with van der Waals surface area (Å²) < 4.78 is 20.6. The summed E-state index contributed by atoms with van der Waals surface area (Å²) in [5, 5.41) is 18.5. The molecule has 0 saturated heterocycles. The van der Waals surface area contributed by atoms with Crippen molar-refractivity contribution in [3.05, 3.63) is 23.8 Å². The van der Waals surface area contributed by atoms with Gasteiger partial charge in [0.2, 0.25) is 0 Å². The molecule has 0 aromatic heterocycles. The summed E-state index contributed by atoms with van der Waals surface area (Å²) in [6.07, 6.45) is 0. The van der Waals surface area contributed by atoms with E-state index in [9.17, 15) is 10.0 Å². The van der Waals surface area contributed by atoms with Crippen molar-refractivity contribution in [3.63, 3.8) is 0 Å². The Balaban J connectivity index is 2.35. The molecule has 112 valence electrons. The third-order valence-corrected chi connectivity index (χ3v) is 2.64. The van der Waals surface area contributed by atoms with Gasteiger partial charge in [-0.3, -0.25) is 0 Å². The fourth-order valence-electron chi connectivity index (χ4n) is 1.63. The van der Waals surface area contributed by atoms with Crippen molar-refractivity contribution in [2.45, 2.75) is 6.61 Å². The van der Waals surface area contributed by atoms with Crippen LogP contribution in [0.5, 0.6) is 5.75 Å².